The van der Waals surface area contributed by atoms with Gasteiger partial charge in [0.05, 0.1) is 0 Å². The monoisotopic (exact) mass is 167 g/mol. The standard InChI is InChI=1S/C9H11OS/c1-8(2)11(10)9-6-4-3-5-7-9/h3-6,8H,1-2H3. The summed E-state index contributed by atoms with van der Waals surface area (Å²) < 4.78 is 11.4. The zero-order valence-corrected chi connectivity index (χ0v) is 7.52. The predicted octanol–water partition coefficient (Wildman–Crippen LogP) is 2.00. The highest BCUT2D eigenvalue weighted by molar-refractivity contribution is 7.92. The molecule has 0 fully saturated rings. The van der Waals surface area contributed by atoms with Gasteiger partial charge in [-0.3, -0.25) is 0 Å². The normalized spacial score (nSPS) is 13.5. The molecule has 2 heteroatoms. The molecule has 11 heavy (non-hydrogen) atoms. The van der Waals surface area contributed by atoms with E-state index in [0.29, 0.717) is 0 Å². The van der Waals surface area contributed by atoms with E-state index in [1.807, 2.05) is 32.0 Å². The van der Waals surface area contributed by atoms with Crippen molar-refractivity contribution < 1.29 is 4.55 Å². The van der Waals surface area contributed by atoms with E-state index in [4.69, 9.17) is 0 Å². The van der Waals surface area contributed by atoms with Crippen molar-refractivity contribution in [3.8, 4) is 0 Å². The second-order valence-electron chi connectivity index (χ2n) is 2.57. The van der Waals surface area contributed by atoms with Crippen molar-refractivity contribution in [1.29, 1.82) is 0 Å². The molecule has 0 aromatic heterocycles. The average molecular weight is 167 g/mol. The van der Waals surface area contributed by atoms with E-state index < -0.39 is 11.2 Å². The lowest BCUT2D eigenvalue weighted by molar-refractivity contribution is 0.586. The van der Waals surface area contributed by atoms with E-state index in [1.54, 1.807) is 6.07 Å². The lowest BCUT2D eigenvalue weighted by atomic mass is 10.4. The van der Waals surface area contributed by atoms with Crippen LogP contribution in [0.3, 0.4) is 0 Å². The summed E-state index contributed by atoms with van der Waals surface area (Å²) in [7, 11) is 0. The molecular weight excluding hydrogens is 156 g/mol. The third-order valence-corrected chi connectivity index (χ3v) is 2.87. The van der Waals surface area contributed by atoms with Gasteiger partial charge in [-0.15, -0.1) is 0 Å². The lowest BCUT2D eigenvalue weighted by Gasteiger charge is -2.12. The maximum absolute atomic E-state index is 11.4. The van der Waals surface area contributed by atoms with Gasteiger partial charge >= 0.3 is 0 Å². The largest absolute Gasteiger partial charge is 0.611 e. The third-order valence-electron chi connectivity index (χ3n) is 1.33. The highest BCUT2D eigenvalue weighted by atomic mass is 32.2. The van der Waals surface area contributed by atoms with E-state index in [-0.39, 0.29) is 5.25 Å². The number of hydrogen-bond donors (Lipinski definition) is 0. The zero-order chi connectivity index (χ0) is 8.27. The summed E-state index contributed by atoms with van der Waals surface area (Å²) in [6.07, 6.45) is 0. The molecule has 0 aliphatic heterocycles. The van der Waals surface area contributed by atoms with Crippen molar-refractivity contribution in [3.63, 3.8) is 0 Å². The molecule has 0 N–H and O–H groups in total. The summed E-state index contributed by atoms with van der Waals surface area (Å²) in [5, 5.41) is 0.175. The van der Waals surface area contributed by atoms with Crippen LogP contribution in [0.4, 0.5) is 0 Å². The Morgan fingerprint density at radius 2 is 2.18 bits per heavy atom. The first-order valence-electron chi connectivity index (χ1n) is 3.59. The molecular formula is C9H11OS. The van der Waals surface area contributed by atoms with Gasteiger partial charge in [0.25, 0.3) is 0 Å². The number of hydrogen-bond acceptors (Lipinski definition) is 1. The van der Waals surface area contributed by atoms with Crippen LogP contribution in [0, 0.1) is 6.07 Å². The molecule has 0 spiro atoms. The molecule has 1 rings (SSSR count). The SMILES string of the molecule is CC(C)[S+]([O-])c1[c]cccc1. The Bertz CT molecular complexity index is 208. The highest BCUT2D eigenvalue weighted by Gasteiger charge is 2.13. The van der Waals surface area contributed by atoms with Crippen molar-refractivity contribution in [1.82, 2.24) is 0 Å². The summed E-state index contributed by atoms with van der Waals surface area (Å²) in [6, 6.07) is 10.3. The Hall–Kier alpha value is -0.470. The number of rotatable bonds is 2. The van der Waals surface area contributed by atoms with Gasteiger partial charge in [-0.25, -0.2) is 0 Å². The fourth-order valence-electron chi connectivity index (χ4n) is 0.756. The molecule has 0 aliphatic rings. The van der Waals surface area contributed by atoms with Gasteiger partial charge in [-0.05, 0) is 37.2 Å². The molecule has 0 saturated heterocycles. The molecule has 1 aromatic carbocycles. The lowest BCUT2D eigenvalue weighted by Crippen LogP contribution is -2.13. The molecule has 1 nitrogen and oxygen atoms in total. The van der Waals surface area contributed by atoms with E-state index >= 15 is 0 Å². The Balaban J connectivity index is 2.77. The van der Waals surface area contributed by atoms with Crippen LogP contribution in [0.1, 0.15) is 13.8 Å². The minimum Gasteiger partial charge on any atom is -0.611 e. The Morgan fingerprint density at radius 1 is 1.45 bits per heavy atom. The molecule has 1 unspecified atom stereocenters. The molecule has 0 bridgehead atoms. The minimum atomic E-state index is -0.891. The third kappa shape index (κ3) is 2.24. The van der Waals surface area contributed by atoms with Crippen LogP contribution in [0.2, 0.25) is 0 Å². The molecule has 59 valence electrons. The van der Waals surface area contributed by atoms with Crippen LogP contribution in [0.25, 0.3) is 0 Å². The van der Waals surface area contributed by atoms with Gasteiger partial charge in [0.15, 0.2) is 4.90 Å². The Labute approximate surface area is 70.6 Å². The first-order chi connectivity index (χ1) is 5.22. The van der Waals surface area contributed by atoms with Gasteiger partial charge in [-0.1, -0.05) is 12.1 Å². The first-order valence-corrected chi connectivity index (χ1v) is 4.80. The topological polar surface area (TPSA) is 23.1 Å². The summed E-state index contributed by atoms with van der Waals surface area (Å²) in [4.78, 5) is 0.794. The van der Waals surface area contributed by atoms with Gasteiger partial charge < -0.3 is 4.55 Å². The summed E-state index contributed by atoms with van der Waals surface area (Å²) in [5.41, 5.74) is 0. The van der Waals surface area contributed by atoms with Crippen LogP contribution in [-0.2, 0) is 11.2 Å². The molecule has 0 saturated carbocycles. The summed E-state index contributed by atoms with van der Waals surface area (Å²) >= 11 is -0.891. The van der Waals surface area contributed by atoms with Crippen molar-refractivity contribution in [2.45, 2.75) is 24.0 Å². The number of benzene rings is 1. The van der Waals surface area contributed by atoms with Gasteiger partial charge in [0, 0.05) is 6.07 Å². The summed E-state index contributed by atoms with van der Waals surface area (Å²) in [5.74, 6) is 0. The first kappa shape index (κ1) is 8.62. The van der Waals surface area contributed by atoms with Crippen LogP contribution >= 0.6 is 0 Å². The van der Waals surface area contributed by atoms with E-state index in [9.17, 15) is 4.55 Å². The molecule has 0 aliphatic carbocycles. The second-order valence-corrected chi connectivity index (χ2v) is 4.55. The summed E-state index contributed by atoms with van der Waals surface area (Å²) in [6.45, 7) is 3.88. The van der Waals surface area contributed by atoms with Crippen molar-refractivity contribution in [2.24, 2.45) is 0 Å². The second kappa shape index (κ2) is 3.79. The fraction of sp³-hybridized carbons (Fsp3) is 0.333. The molecule has 1 radical (unpaired) electrons. The maximum atomic E-state index is 11.4. The van der Waals surface area contributed by atoms with Crippen molar-refractivity contribution in [2.75, 3.05) is 0 Å². The Kier molecular flexibility index (Phi) is 2.97. The quantitative estimate of drug-likeness (QED) is 0.618. The van der Waals surface area contributed by atoms with E-state index in [1.165, 1.54) is 0 Å². The van der Waals surface area contributed by atoms with Crippen LogP contribution in [0.5, 0.6) is 0 Å². The molecule has 0 heterocycles. The zero-order valence-electron chi connectivity index (χ0n) is 6.70. The molecule has 1 atom stereocenters. The smallest absolute Gasteiger partial charge is 0.160 e. The van der Waals surface area contributed by atoms with Crippen LogP contribution in [0.15, 0.2) is 29.2 Å². The van der Waals surface area contributed by atoms with E-state index in [0.717, 1.165) is 4.90 Å². The van der Waals surface area contributed by atoms with Crippen LogP contribution in [-0.4, -0.2) is 9.80 Å². The highest BCUT2D eigenvalue weighted by Crippen LogP contribution is 2.13. The minimum absolute atomic E-state index is 0.175. The van der Waals surface area contributed by atoms with Gasteiger partial charge in [0.2, 0.25) is 0 Å². The fourth-order valence-corrected chi connectivity index (χ4v) is 1.66. The van der Waals surface area contributed by atoms with E-state index in [2.05, 4.69) is 6.07 Å². The van der Waals surface area contributed by atoms with Gasteiger partial charge in [0.1, 0.15) is 5.25 Å². The average Bonchev–Trinajstić information content (AvgIpc) is 2.05. The maximum Gasteiger partial charge on any atom is 0.160 e. The van der Waals surface area contributed by atoms with Crippen LogP contribution < -0.4 is 0 Å². The van der Waals surface area contributed by atoms with Crippen molar-refractivity contribution >= 4 is 11.2 Å². The van der Waals surface area contributed by atoms with Crippen molar-refractivity contribution in [3.05, 3.63) is 30.3 Å². The Morgan fingerprint density at radius 3 is 2.64 bits per heavy atom. The molecule has 1 aromatic rings. The molecule has 0 amide bonds. The van der Waals surface area contributed by atoms with Gasteiger partial charge in [-0.2, -0.15) is 0 Å². The predicted molar refractivity (Wildman–Crippen MR) is 46.8 cm³/mol.